The van der Waals surface area contributed by atoms with Crippen LogP contribution in [0, 0.1) is 5.82 Å². The Labute approximate surface area is 176 Å². The molecule has 1 amide bonds. The number of rotatable bonds is 5. The van der Waals surface area contributed by atoms with Crippen molar-refractivity contribution in [2.24, 2.45) is 4.99 Å². The number of thiazole rings is 1. The smallest absolute Gasteiger partial charge is 0.326 e. The maximum Gasteiger partial charge on any atom is 0.326 e. The number of hydrogen-bond donors (Lipinski definition) is 0. The molecule has 0 aliphatic rings. The summed E-state index contributed by atoms with van der Waals surface area (Å²) in [5.74, 6) is -1.35. The van der Waals surface area contributed by atoms with Gasteiger partial charge in [0.1, 0.15) is 12.4 Å². The zero-order valence-corrected chi connectivity index (χ0v) is 17.1. The van der Waals surface area contributed by atoms with E-state index in [1.807, 2.05) is 42.5 Å². The Bertz CT molecular complexity index is 1320. The first-order chi connectivity index (χ1) is 14.6. The van der Waals surface area contributed by atoms with E-state index in [2.05, 4.69) is 4.99 Å². The number of carbonyl (C=O) groups excluding carboxylic acids is 2. The monoisotopic (exact) mass is 422 g/mol. The van der Waals surface area contributed by atoms with Gasteiger partial charge in [0.05, 0.1) is 23.2 Å². The number of esters is 1. The summed E-state index contributed by atoms with van der Waals surface area (Å²) >= 11 is 1.17. The van der Waals surface area contributed by atoms with Crippen LogP contribution in [0.5, 0.6) is 0 Å². The van der Waals surface area contributed by atoms with Gasteiger partial charge in [0.2, 0.25) is 0 Å². The average Bonchev–Trinajstić information content (AvgIpc) is 3.06. The summed E-state index contributed by atoms with van der Waals surface area (Å²) < 4.78 is 21.5. The van der Waals surface area contributed by atoms with Crippen molar-refractivity contribution in [3.63, 3.8) is 0 Å². The first kappa shape index (κ1) is 20.0. The third kappa shape index (κ3) is 4.02. The van der Waals surface area contributed by atoms with Crippen LogP contribution in [-0.2, 0) is 27.3 Å². The molecule has 0 spiro atoms. The van der Waals surface area contributed by atoms with Crippen LogP contribution < -0.4 is 4.80 Å². The fourth-order valence-electron chi connectivity index (χ4n) is 3.41. The van der Waals surface area contributed by atoms with E-state index in [0.29, 0.717) is 4.70 Å². The minimum atomic E-state index is -0.511. The van der Waals surface area contributed by atoms with E-state index in [9.17, 15) is 14.0 Å². The van der Waals surface area contributed by atoms with Crippen LogP contribution >= 0.6 is 11.3 Å². The summed E-state index contributed by atoms with van der Waals surface area (Å²) in [4.78, 5) is 29.3. The van der Waals surface area contributed by atoms with Gasteiger partial charge in [-0.2, -0.15) is 4.99 Å². The maximum absolute atomic E-state index is 14.5. The van der Waals surface area contributed by atoms with Gasteiger partial charge in [-0.15, -0.1) is 0 Å². The SMILES string of the molecule is CCOC(=O)Cn1c(=NC(=O)Cc2cccc3ccccc23)sc2cccc(F)c21. The molecule has 7 heteroatoms. The molecule has 0 bridgehead atoms. The lowest BCUT2D eigenvalue weighted by Crippen LogP contribution is -2.23. The number of benzene rings is 3. The molecule has 4 rings (SSSR count). The van der Waals surface area contributed by atoms with Crippen molar-refractivity contribution in [1.82, 2.24) is 4.57 Å². The Morgan fingerprint density at radius 3 is 2.67 bits per heavy atom. The number of aromatic nitrogens is 1. The van der Waals surface area contributed by atoms with Crippen LogP contribution in [0.15, 0.2) is 65.7 Å². The van der Waals surface area contributed by atoms with Crippen LogP contribution in [-0.4, -0.2) is 23.1 Å². The van der Waals surface area contributed by atoms with Crippen LogP contribution in [0.2, 0.25) is 0 Å². The van der Waals surface area contributed by atoms with E-state index >= 15 is 0 Å². The lowest BCUT2D eigenvalue weighted by Gasteiger charge is -2.06. The predicted octanol–water partition coefficient (Wildman–Crippen LogP) is 4.23. The van der Waals surface area contributed by atoms with Crippen molar-refractivity contribution in [3.8, 4) is 0 Å². The van der Waals surface area contributed by atoms with Crippen molar-refractivity contribution in [3.05, 3.63) is 76.8 Å². The Balaban J connectivity index is 1.75. The molecule has 0 saturated heterocycles. The largest absolute Gasteiger partial charge is 0.465 e. The van der Waals surface area contributed by atoms with Crippen LogP contribution in [0.3, 0.4) is 0 Å². The maximum atomic E-state index is 14.5. The van der Waals surface area contributed by atoms with E-state index < -0.39 is 11.8 Å². The number of ether oxygens (including phenoxy) is 1. The number of amides is 1. The fourth-order valence-corrected chi connectivity index (χ4v) is 4.47. The topological polar surface area (TPSA) is 60.7 Å². The molecule has 0 atom stereocenters. The molecule has 0 N–H and O–H groups in total. The molecule has 3 aromatic carbocycles. The molecule has 4 aromatic rings. The van der Waals surface area contributed by atoms with Crippen LogP contribution in [0.1, 0.15) is 12.5 Å². The minimum absolute atomic E-state index is 0.109. The molecular weight excluding hydrogens is 403 g/mol. The molecule has 0 radical (unpaired) electrons. The molecule has 152 valence electrons. The van der Waals surface area contributed by atoms with Gasteiger partial charge >= 0.3 is 5.97 Å². The van der Waals surface area contributed by atoms with E-state index in [1.165, 1.54) is 22.0 Å². The molecule has 1 heterocycles. The van der Waals surface area contributed by atoms with Gasteiger partial charge in [-0.05, 0) is 35.4 Å². The van der Waals surface area contributed by atoms with E-state index in [-0.39, 0.29) is 35.8 Å². The van der Waals surface area contributed by atoms with Gasteiger partial charge in [-0.25, -0.2) is 4.39 Å². The zero-order chi connectivity index (χ0) is 21.1. The molecule has 5 nitrogen and oxygen atoms in total. The number of halogens is 1. The number of hydrogen-bond acceptors (Lipinski definition) is 4. The summed E-state index contributed by atoms with van der Waals surface area (Å²) in [6.07, 6.45) is 0.109. The van der Waals surface area contributed by atoms with E-state index in [4.69, 9.17) is 4.74 Å². The number of nitrogens with zero attached hydrogens (tertiary/aromatic N) is 2. The van der Waals surface area contributed by atoms with Gasteiger partial charge in [-0.1, -0.05) is 59.9 Å². The minimum Gasteiger partial charge on any atom is -0.465 e. The van der Waals surface area contributed by atoms with E-state index in [1.54, 1.807) is 19.1 Å². The quantitative estimate of drug-likeness (QED) is 0.452. The fraction of sp³-hybridized carbons (Fsp3) is 0.174. The van der Waals surface area contributed by atoms with Gasteiger partial charge in [0.25, 0.3) is 5.91 Å². The second-order valence-corrected chi connectivity index (χ2v) is 7.69. The second kappa shape index (κ2) is 8.59. The standard InChI is InChI=1S/C23H19FN2O3S/c1-2-29-21(28)14-26-22-18(24)11-6-12-19(22)30-23(26)25-20(27)13-16-9-5-8-15-7-3-4-10-17(15)16/h3-12H,2,13-14H2,1H3. The highest BCUT2D eigenvalue weighted by atomic mass is 32.1. The van der Waals surface area contributed by atoms with Crippen molar-refractivity contribution in [1.29, 1.82) is 0 Å². The molecule has 0 unspecified atom stereocenters. The Hall–Kier alpha value is -3.32. The number of carbonyl (C=O) groups is 2. The second-order valence-electron chi connectivity index (χ2n) is 6.68. The highest BCUT2D eigenvalue weighted by Crippen LogP contribution is 2.21. The van der Waals surface area contributed by atoms with Crippen molar-refractivity contribution >= 4 is 44.2 Å². The van der Waals surface area contributed by atoms with Crippen molar-refractivity contribution in [2.75, 3.05) is 6.61 Å². The number of fused-ring (bicyclic) bond motifs is 2. The highest BCUT2D eigenvalue weighted by Gasteiger charge is 2.15. The Morgan fingerprint density at radius 1 is 1.07 bits per heavy atom. The highest BCUT2D eigenvalue weighted by molar-refractivity contribution is 7.16. The Kier molecular flexibility index (Phi) is 5.72. The third-order valence-electron chi connectivity index (χ3n) is 4.69. The van der Waals surface area contributed by atoms with E-state index in [0.717, 1.165) is 16.3 Å². The van der Waals surface area contributed by atoms with Crippen molar-refractivity contribution < 1.29 is 18.7 Å². The van der Waals surface area contributed by atoms with Gasteiger partial charge in [0.15, 0.2) is 4.80 Å². The third-order valence-corrected chi connectivity index (χ3v) is 5.73. The molecule has 0 aliphatic carbocycles. The Morgan fingerprint density at radius 2 is 1.83 bits per heavy atom. The first-order valence-electron chi connectivity index (χ1n) is 9.54. The molecule has 0 saturated carbocycles. The van der Waals surface area contributed by atoms with Crippen LogP contribution in [0.4, 0.5) is 4.39 Å². The summed E-state index contributed by atoms with van der Waals surface area (Å²) in [7, 11) is 0. The van der Waals surface area contributed by atoms with Gasteiger partial charge in [-0.3, -0.25) is 9.59 Å². The molecular formula is C23H19FN2O3S. The number of para-hydroxylation sites is 1. The lowest BCUT2D eigenvalue weighted by molar-refractivity contribution is -0.143. The normalized spacial score (nSPS) is 11.9. The molecule has 0 aliphatic heterocycles. The summed E-state index contributed by atoms with van der Waals surface area (Å²) in [5.41, 5.74) is 1.11. The molecule has 1 aromatic heterocycles. The van der Waals surface area contributed by atoms with Crippen LogP contribution in [0.25, 0.3) is 21.0 Å². The van der Waals surface area contributed by atoms with Gasteiger partial charge in [0, 0.05) is 0 Å². The summed E-state index contributed by atoms with van der Waals surface area (Å²) in [5, 5.41) is 2.04. The zero-order valence-electron chi connectivity index (χ0n) is 16.3. The summed E-state index contributed by atoms with van der Waals surface area (Å²) in [6.45, 7) is 1.71. The predicted molar refractivity (Wildman–Crippen MR) is 115 cm³/mol. The molecule has 0 fully saturated rings. The average molecular weight is 422 g/mol. The lowest BCUT2D eigenvalue weighted by atomic mass is 10.0. The van der Waals surface area contributed by atoms with Gasteiger partial charge < -0.3 is 9.30 Å². The summed E-state index contributed by atoms with van der Waals surface area (Å²) in [6, 6.07) is 18.3. The first-order valence-corrected chi connectivity index (χ1v) is 10.4. The van der Waals surface area contributed by atoms with Crippen molar-refractivity contribution in [2.45, 2.75) is 19.9 Å². The molecule has 30 heavy (non-hydrogen) atoms.